The lowest BCUT2D eigenvalue weighted by Gasteiger charge is -2.24. The number of methoxy groups -OCH3 is 1. The van der Waals surface area contributed by atoms with Gasteiger partial charge in [0.05, 0.1) is 18.3 Å². The van der Waals surface area contributed by atoms with Crippen molar-refractivity contribution in [2.45, 2.75) is 45.3 Å². The van der Waals surface area contributed by atoms with Crippen molar-refractivity contribution in [2.75, 3.05) is 19.4 Å². The molecular formula is C12H23NO5S. The van der Waals surface area contributed by atoms with E-state index in [1.165, 1.54) is 11.4 Å². The Morgan fingerprint density at radius 2 is 2.16 bits per heavy atom. The second kappa shape index (κ2) is 6.67. The van der Waals surface area contributed by atoms with E-state index in [0.717, 1.165) is 6.42 Å². The molecular weight excluding hydrogens is 270 g/mol. The third-order valence-corrected chi connectivity index (χ3v) is 5.77. The lowest BCUT2D eigenvalue weighted by atomic mass is 10.1. The fraction of sp³-hybridized carbons (Fsp3) is 0.917. The zero-order chi connectivity index (χ0) is 14.6. The van der Waals surface area contributed by atoms with E-state index in [4.69, 9.17) is 9.84 Å². The minimum Gasteiger partial charge on any atom is -0.481 e. The van der Waals surface area contributed by atoms with Gasteiger partial charge < -0.3 is 9.84 Å². The van der Waals surface area contributed by atoms with E-state index in [2.05, 4.69) is 0 Å². The van der Waals surface area contributed by atoms with Crippen LogP contribution < -0.4 is 0 Å². The molecule has 0 aromatic heterocycles. The van der Waals surface area contributed by atoms with Crippen molar-refractivity contribution in [1.29, 1.82) is 0 Å². The average molecular weight is 293 g/mol. The van der Waals surface area contributed by atoms with Crippen molar-refractivity contribution >= 4 is 16.0 Å². The Labute approximate surface area is 114 Å². The van der Waals surface area contributed by atoms with Crippen molar-refractivity contribution in [1.82, 2.24) is 4.31 Å². The summed E-state index contributed by atoms with van der Waals surface area (Å²) in [6, 6.07) is -0.489. The second-order valence-electron chi connectivity index (χ2n) is 5.21. The molecule has 0 bridgehead atoms. The van der Waals surface area contributed by atoms with Crippen molar-refractivity contribution in [3.05, 3.63) is 0 Å². The molecule has 1 aliphatic rings. The predicted molar refractivity (Wildman–Crippen MR) is 71.4 cm³/mol. The number of hydrogen-bond acceptors (Lipinski definition) is 4. The first-order valence-electron chi connectivity index (χ1n) is 6.54. The van der Waals surface area contributed by atoms with E-state index in [-0.39, 0.29) is 30.7 Å². The molecule has 7 heteroatoms. The number of carboxylic acids is 1. The maximum Gasteiger partial charge on any atom is 0.304 e. The van der Waals surface area contributed by atoms with Gasteiger partial charge in [-0.15, -0.1) is 0 Å². The summed E-state index contributed by atoms with van der Waals surface area (Å²) in [5.41, 5.74) is 0. The Balaban J connectivity index is 2.84. The largest absolute Gasteiger partial charge is 0.481 e. The minimum absolute atomic E-state index is 0.0655. The molecule has 0 saturated carbocycles. The highest BCUT2D eigenvalue weighted by atomic mass is 32.2. The summed E-state index contributed by atoms with van der Waals surface area (Å²) in [6.07, 6.45) is 0.850. The number of ether oxygens (including phenoxy) is 1. The molecule has 0 aliphatic carbocycles. The van der Waals surface area contributed by atoms with Crippen molar-refractivity contribution in [3.63, 3.8) is 0 Å². The molecule has 1 aliphatic heterocycles. The smallest absolute Gasteiger partial charge is 0.304 e. The SMILES string of the molecule is CCC(C)CS(=O)(=O)N1CC(OC)CC1CC(=O)O. The van der Waals surface area contributed by atoms with Crippen LogP contribution in [0.2, 0.25) is 0 Å². The van der Waals surface area contributed by atoms with Crippen LogP contribution in [0.25, 0.3) is 0 Å². The first-order valence-corrected chi connectivity index (χ1v) is 8.15. The van der Waals surface area contributed by atoms with Crippen LogP contribution in [0, 0.1) is 5.92 Å². The predicted octanol–water partition coefficient (Wildman–Crippen LogP) is 0.926. The summed E-state index contributed by atoms with van der Waals surface area (Å²) in [4.78, 5) is 10.8. The van der Waals surface area contributed by atoms with Gasteiger partial charge in [0.15, 0.2) is 0 Å². The summed E-state index contributed by atoms with van der Waals surface area (Å²) in [7, 11) is -1.90. The molecule has 1 rings (SSSR count). The van der Waals surface area contributed by atoms with Gasteiger partial charge in [-0.25, -0.2) is 8.42 Å². The van der Waals surface area contributed by atoms with Crippen LogP contribution in [0.5, 0.6) is 0 Å². The fourth-order valence-corrected chi connectivity index (χ4v) is 4.47. The molecule has 6 nitrogen and oxygen atoms in total. The Morgan fingerprint density at radius 3 is 2.63 bits per heavy atom. The van der Waals surface area contributed by atoms with Crippen LogP contribution in [-0.2, 0) is 19.6 Å². The topological polar surface area (TPSA) is 83.9 Å². The monoisotopic (exact) mass is 293 g/mol. The highest BCUT2D eigenvalue weighted by Crippen LogP contribution is 2.27. The molecule has 0 aromatic carbocycles. The van der Waals surface area contributed by atoms with E-state index in [9.17, 15) is 13.2 Å². The van der Waals surface area contributed by atoms with Crippen molar-refractivity contribution in [3.8, 4) is 0 Å². The number of nitrogens with zero attached hydrogens (tertiary/aromatic N) is 1. The van der Waals surface area contributed by atoms with Gasteiger partial charge in [-0.1, -0.05) is 20.3 Å². The van der Waals surface area contributed by atoms with Gasteiger partial charge in [0.1, 0.15) is 0 Å². The second-order valence-corrected chi connectivity index (χ2v) is 7.17. The zero-order valence-corrected chi connectivity index (χ0v) is 12.5. The highest BCUT2D eigenvalue weighted by molar-refractivity contribution is 7.89. The molecule has 112 valence electrons. The Bertz CT molecular complexity index is 408. The number of carbonyl (C=O) groups is 1. The molecule has 1 fully saturated rings. The van der Waals surface area contributed by atoms with E-state index in [0.29, 0.717) is 6.42 Å². The normalized spacial score (nSPS) is 26.5. The Morgan fingerprint density at radius 1 is 1.53 bits per heavy atom. The lowest BCUT2D eigenvalue weighted by molar-refractivity contribution is -0.137. The van der Waals surface area contributed by atoms with E-state index in [1.807, 2.05) is 13.8 Å². The molecule has 19 heavy (non-hydrogen) atoms. The third kappa shape index (κ3) is 4.43. The van der Waals surface area contributed by atoms with Gasteiger partial charge in [-0.3, -0.25) is 4.79 Å². The molecule has 0 spiro atoms. The molecule has 0 amide bonds. The van der Waals surface area contributed by atoms with Gasteiger partial charge in [-0.2, -0.15) is 4.31 Å². The summed E-state index contributed by atoms with van der Waals surface area (Å²) < 4.78 is 31.2. The van der Waals surface area contributed by atoms with Crippen LogP contribution in [-0.4, -0.2) is 55.4 Å². The van der Waals surface area contributed by atoms with Gasteiger partial charge in [0.25, 0.3) is 0 Å². The maximum absolute atomic E-state index is 12.3. The summed E-state index contributed by atoms with van der Waals surface area (Å²) in [5, 5.41) is 8.88. The van der Waals surface area contributed by atoms with Gasteiger partial charge in [0.2, 0.25) is 10.0 Å². The lowest BCUT2D eigenvalue weighted by Crippen LogP contribution is -2.39. The van der Waals surface area contributed by atoms with Gasteiger partial charge in [-0.05, 0) is 12.3 Å². The van der Waals surface area contributed by atoms with Crippen LogP contribution >= 0.6 is 0 Å². The molecule has 0 aromatic rings. The minimum atomic E-state index is -3.42. The third-order valence-electron chi connectivity index (χ3n) is 3.62. The summed E-state index contributed by atoms with van der Waals surface area (Å²) >= 11 is 0. The standard InChI is InChI=1S/C12H23NO5S/c1-4-9(2)8-19(16,17)13-7-11(18-3)5-10(13)6-12(14)15/h9-11H,4-8H2,1-3H3,(H,14,15). The number of carboxylic acid groups (broad SMARTS) is 1. The summed E-state index contributed by atoms with van der Waals surface area (Å²) in [5.74, 6) is -0.849. The quantitative estimate of drug-likeness (QED) is 0.755. The van der Waals surface area contributed by atoms with Crippen molar-refractivity contribution < 1.29 is 23.1 Å². The zero-order valence-electron chi connectivity index (χ0n) is 11.7. The molecule has 1 N–H and O–H groups in total. The molecule has 3 atom stereocenters. The molecule has 3 unspecified atom stereocenters. The summed E-state index contributed by atoms with van der Waals surface area (Å²) in [6.45, 7) is 4.08. The van der Waals surface area contributed by atoms with Crippen LogP contribution in [0.4, 0.5) is 0 Å². The Kier molecular flexibility index (Phi) is 5.76. The fourth-order valence-electron chi connectivity index (χ4n) is 2.32. The van der Waals surface area contributed by atoms with Crippen LogP contribution in [0.3, 0.4) is 0 Å². The van der Waals surface area contributed by atoms with Crippen LogP contribution in [0.15, 0.2) is 0 Å². The number of hydrogen-bond donors (Lipinski definition) is 1. The molecule has 1 heterocycles. The number of rotatable bonds is 7. The van der Waals surface area contributed by atoms with E-state index >= 15 is 0 Å². The average Bonchev–Trinajstić information content (AvgIpc) is 2.71. The Hall–Kier alpha value is -0.660. The molecule has 0 radical (unpaired) electrons. The highest BCUT2D eigenvalue weighted by Gasteiger charge is 2.40. The first-order chi connectivity index (χ1) is 8.80. The van der Waals surface area contributed by atoms with E-state index < -0.39 is 22.0 Å². The van der Waals surface area contributed by atoms with E-state index in [1.54, 1.807) is 0 Å². The number of sulfonamides is 1. The molecule has 1 saturated heterocycles. The maximum atomic E-state index is 12.3. The number of aliphatic carboxylic acids is 1. The first kappa shape index (κ1) is 16.4. The van der Waals surface area contributed by atoms with Gasteiger partial charge in [0, 0.05) is 19.7 Å². The van der Waals surface area contributed by atoms with Gasteiger partial charge >= 0.3 is 5.97 Å². The van der Waals surface area contributed by atoms with Crippen LogP contribution in [0.1, 0.15) is 33.1 Å². The van der Waals surface area contributed by atoms with Crippen molar-refractivity contribution in [2.24, 2.45) is 5.92 Å².